The van der Waals surface area contributed by atoms with E-state index in [2.05, 4.69) is 41.3 Å². The van der Waals surface area contributed by atoms with E-state index in [1.807, 2.05) is 33.3 Å². The normalized spacial score (nSPS) is 14.3. The first-order valence-electron chi connectivity index (χ1n) is 15.0. The number of nitrogens with one attached hydrogen (secondary N) is 2. The molecule has 0 bridgehead atoms. The maximum Gasteiger partial charge on any atom is 0.313 e. The van der Waals surface area contributed by atoms with E-state index in [1.165, 1.54) is 0 Å². The van der Waals surface area contributed by atoms with Gasteiger partial charge in [-0.25, -0.2) is 0 Å². The fourth-order valence-corrected chi connectivity index (χ4v) is 3.18. The number of ether oxygens (including phenoxy) is 2. The lowest BCUT2D eigenvalue weighted by Gasteiger charge is -2.30. The number of allylic oxidation sites excluding steroid dienone is 1. The van der Waals surface area contributed by atoms with Crippen LogP contribution < -0.4 is 10.6 Å². The number of aliphatic hydroxyl groups is 1. The van der Waals surface area contributed by atoms with Crippen molar-refractivity contribution in [3.05, 3.63) is 12.7 Å². The number of rotatable bonds is 17. The first kappa shape index (κ1) is 45.2. The quantitative estimate of drug-likeness (QED) is 0.0678. The molecule has 0 aromatic carbocycles. The molecule has 2 unspecified atom stereocenters. The van der Waals surface area contributed by atoms with Crippen molar-refractivity contribution in [1.29, 1.82) is 0 Å². The van der Waals surface area contributed by atoms with Crippen molar-refractivity contribution in [2.75, 3.05) is 39.6 Å². The standard InChI is InChI=1S/C24H45N4O7P.C5H10.C2H6/c1-11-24(8,18(30)16(2)35-19(31)17(3)36(9)10)34-15-13-26-21(33)23(6,7)28-27-22(4,5)20(32)25-12-14-29;1-4-5(2)3;1-2/h16-17,29H,11-15H2,1-10H3,(H,25,32)(H,26,33);4-5H,1H2,2-3H3;1-2H3/t16?,17-,24?;;/m0../s1. The molecule has 2 amide bonds. The van der Waals surface area contributed by atoms with Crippen LogP contribution in [0.5, 0.6) is 0 Å². The van der Waals surface area contributed by atoms with Crippen LogP contribution >= 0.6 is 7.92 Å². The molecule has 0 saturated carbocycles. The highest BCUT2D eigenvalue weighted by Gasteiger charge is 2.38. The summed E-state index contributed by atoms with van der Waals surface area (Å²) in [6.45, 7) is 28.8. The van der Waals surface area contributed by atoms with Crippen molar-refractivity contribution in [1.82, 2.24) is 10.6 Å². The van der Waals surface area contributed by atoms with Gasteiger partial charge >= 0.3 is 5.97 Å². The number of aliphatic hydroxyl groups excluding tert-OH is 1. The molecule has 12 heteroatoms. The molecule has 3 atom stereocenters. The lowest BCUT2D eigenvalue weighted by molar-refractivity contribution is -0.164. The summed E-state index contributed by atoms with van der Waals surface area (Å²) in [5.41, 5.74) is -3.92. The van der Waals surface area contributed by atoms with E-state index in [1.54, 1.807) is 55.4 Å². The average molecular weight is 633 g/mol. The molecule has 0 rings (SSSR count). The van der Waals surface area contributed by atoms with E-state index in [0.717, 1.165) is 0 Å². The van der Waals surface area contributed by atoms with E-state index < -0.39 is 48.5 Å². The summed E-state index contributed by atoms with van der Waals surface area (Å²) < 4.78 is 11.2. The Morgan fingerprint density at radius 2 is 1.33 bits per heavy atom. The molecule has 0 aliphatic heterocycles. The Labute approximate surface area is 262 Å². The highest BCUT2D eigenvalue weighted by atomic mass is 31.1. The summed E-state index contributed by atoms with van der Waals surface area (Å²) in [5.74, 6) is -0.951. The van der Waals surface area contributed by atoms with Crippen LogP contribution in [-0.2, 0) is 28.7 Å². The Hall–Kier alpha value is -2.23. The molecular formula is C31H61N4O7P. The number of amides is 2. The van der Waals surface area contributed by atoms with E-state index >= 15 is 0 Å². The molecule has 0 aromatic rings. The maximum absolute atomic E-state index is 13.0. The van der Waals surface area contributed by atoms with Gasteiger partial charge in [-0.1, -0.05) is 48.6 Å². The van der Waals surface area contributed by atoms with Gasteiger partial charge in [-0.3, -0.25) is 19.2 Å². The van der Waals surface area contributed by atoms with Gasteiger partial charge in [0.2, 0.25) is 17.6 Å². The van der Waals surface area contributed by atoms with Gasteiger partial charge in [0.1, 0.15) is 5.60 Å². The molecule has 43 heavy (non-hydrogen) atoms. The number of carbonyl (C=O) groups is 4. The van der Waals surface area contributed by atoms with Crippen molar-refractivity contribution in [3.8, 4) is 0 Å². The summed E-state index contributed by atoms with van der Waals surface area (Å²) in [4.78, 5) is 49.9. The zero-order valence-corrected chi connectivity index (χ0v) is 30.2. The van der Waals surface area contributed by atoms with Gasteiger partial charge in [-0.05, 0) is 74.1 Å². The number of esters is 1. The summed E-state index contributed by atoms with van der Waals surface area (Å²) in [5, 5.41) is 22.1. The second-order valence-electron chi connectivity index (χ2n) is 11.5. The maximum atomic E-state index is 13.0. The van der Waals surface area contributed by atoms with Crippen LogP contribution in [0.2, 0.25) is 0 Å². The summed E-state index contributed by atoms with van der Waals surface area (Å²) in [6, 6.07) is 0. The Bertz CT molecular complexity index is 891. The minimum atomic E-state index is -1.25. The molecular weight excluding hydrogens is 571 g/mol. The highest BCUT2D eigenvalue weighted by Crippen LogP contribution is 2.33. The second kappa shape index (κ2) is 22.3. The molecule has 0 aliphatic carbocycles. The Balaban J connectivity index is -0.00000205. The predicted molar refractivity (Wildman–Crippen MR) is 176 cm³/mol. The molecule has 11 nitrogen and oxygen atoms in total. The third-order valence-electron chi connectivity index (χ3n) is 6.31. The fourth-order valence-electron chi connectivity index (χ4n) is 2.70. The van der Waals surface area contributed by atoms with E-state index in [0.29, 0.717) is 12.3 Å². The topological polar surface area (TPSA) is 156 Å². The van der Waals surface area contributed by atoms with E-state index in [9.17, 15) is 19.2 Å². The van der Waals surface area contributed by atoms with Gasteiger partial charge in [0, 0.05) is 13.1 Å². The van der Waals surface area contributed by atoms with Crippen LogP contribution in [0.3, 0.4) is 0 Å². The summed E-state index contributed by atoms with van der Waals surface area (Å²) >= 11 is 0. The summed E-state index contributed by atoms with van der Waals surface area (Å²) in [6.07, 6.45) is 1.32. The zero-order chi connectivity index (χ0) is 34.6. The number of Topliss-reactive ketones (excluding diaryl/α,β-unsaturated/α-hetero) is 1. The van der Waals surface area contributed by atoms with Crippen LogP contribution in [0.4, 0.5) is 0 Å². The van der Waals surface area contributed by atoms with Crippen molar-refractivity contribution in [3.63, 3.8) is 0 Å². The van der Waals surface area contributed by atoms with Crippen LogP contribution in [0.1, 0.15) is 89.5 Å². The lowest BCUT2D eigenvalue weighted by atomic mass is 9.94. The Morgan fingerprint density at radius 1 is 0.907 bits per heavy atom. The van der Waals surface area contributed by atoms with Gasteiger partial charge in [0.05, 0.1) is 18.9 Å². The SMILES string of the molecule is C=CC(C)C.CC.CCC(C)(OCCNC(=O)C(C)(C)N=NC(C)(C)C(=O)NCCO)C(=O)C(C)OC(=O)[C@H](C)P(C)C. The van der Waals surface area contributed by atoms with Gasteiger partial charge in [-0.15, -0.1) is 6.58 Å². The smallest absolute Gasteiger partial charge is 0.313 e. The van der Waals surface area contributed by atoms with Crippen LogP contribution in [0, 0.1) is 5.92 Å². The first-order chi connectivity index (χ1) is 19.7. The minimum Gasteiger partial charge on any atom is -0.454 e. The predicted octanol–water partition coefficient (Wildman–Crippen LogP) is 4.89. The first-order valence-corrected chi connectivity index (χ1v) is 17.3. The third-order valence-corrected chi connectivity index (χ3v) is 8.07. The fraction of sp³-hybridized carbons (Fsp3) is 0.806. The van der Waals surface area contributed by atoms with E-state index in [-0.39, 0.29) is 37.7 Å². The monoisotopic (exact) mass is 632 g/mol. The molecule has 0 radical (unpaired) electrons. The van der Waals surface area contributed by atoms with Gasteiger partial charge in [0.25, 0.3) is 0 Å². The highest BCUT2D eigenvalue weighted by molar-refractivity contribution is 7.57. The molecule has 3 N–H and O–H groups in total. The number of carbonyl (C=O) groups excluding carboxylic acids is 4. The molecule has 0 spiro atoms. The molecule has 0 saturated heterocycles. The van der Waals surface area contributed by atoms with Crippen molar-refractivity contribution >= 4 is 31.5 Å². The Morgan fingerprint density at radius 3 is 1.67 bits per heavy atom. The number of ketones is 1. The number of hydrogen-bond donors (Lipinski definition) is 3. The van der Waals surface area contributed by atoms with Crippen LogP contribution in [-0.4, -0.2) is 96.7 Å². The van der Waals surface area contributed by atoms with Gasteiger partial charge < -0.3 is 25.2 Å². The van der Waals surface area contributed by atoms with Crippen LogP contribution in [0.25, 0.3) is 0 Å². The largest absolute Gasteiger partial charge is 0.454 e. The van der Waals surface area contributed by atoms with Crippen LogP contribution in [0.15, 0.2) is 22.9 Å². The summed E-state index contributed by atoms with van der Waals surface area (Å²) in [7, 11) is -0.527. The van der Waals surface area contributed by atoms with Crippen molar-refractivity contribution in [2.24, 2.45) is 16.1 Å². The Kier molecular flexibility index (Phi) is 23.4. The molecule has 0 heterocycles. The zero-order valence-electron chi connectivity index (χ0n) is 29.3. The van der Waals surface area contributed by atoms with Gasteiger partial charge in [0.15, 0.2) is 17.2 Å². The van der Waals surface area contributed by atoms with E-state index in [4.69, 9.17) is 14.6 Å². The minimum absolute atomic E-state index is 0.0520. The average Bonchev–Trinajstić information content (AvgIpc) is 2.96. The third kappa shape index (κ3) is 18.2. The lowest BCUT2D eigenvalue weighted by Crippen LogP contribution is -2.48. The molecule has 0 aromatic heterocycles. The van der Waals surface area contributed by atoms with Crippen molar-refractivity contribution < 1.29 is 33.8 Å². The number of azo groups is 1. The number of hydrogen-bond acceptors (Lipinski definition) is 9. The second-order valence-corrected chi connectivity index (χ2v) is 14.3. The molecule has 252 valence electrons. The molecule has 0 fully saturated rings. The number of nitrogens with zero attached hydrogens (tertiary/aromatic N) is 2. The molecule has 0 aliphatic rings. The van der Waals surface area contributed by atoms with Crippen molar-refractivity contribution in [2.45, 2.75) is 118 Å². The van der Waals surface area contributed by atoms with Gasteiger partial charge in [-0.2, -0.15) is 10.2 Å².